The molecule has 1 saturated heterocycles. The van der Waals surface area contributed by atoms with Crippen LogP contribution in [0.15, 0.2) is 18.2 Å². The summed E-state index contributed by atoms with van der Waals surface area (Å²) in [5.41, 5.74) is -0.110. The molecule has 0 spiro atoms. The Hall–Kier alpha value is -1.13. The van der Waals surface area contributed by atoms with Crippen molar-refractivity contribution in [2.75, 3.05) is 13.6 Å². The summed E-state index contributed by atoms with van der Waals surface area (Å²) in [6, 6.07) is 4.59. The molecule has 1 aromatic carbocycles. The van der Waals surface area contributed by atoms with Gasteiger partial charge in [0.25, 0.3) is 0 Å². The normalized spacial score (nSPS) is 21.5. The average Bonchev–Trinajstić information content (AvgIpc) is 2.92. The van der Waals surface area contributed by atoms with Crippen LogP contribution < -0.4 is 5.32 Å². The molecule has 1 N–H and O–H groups in total. The Labute approximate surface area is 130 Å². The van der Waals surface area contributed by atoms with E-state index in [-0.39, 0.29) is 18.3 Å². The molecule has 5 heteroatoms. The lowest BCUT2D eigenvalue weighted by Crippen LogP contribution is -2.53. The van der Waals surface area contributed by atoms with E-state index in [1.165, 1.54) is 6.07 Å². The third-order valence-corrected chi connectivity index (χ3v) is 4.49. The van der Waals surface area contributed by atoms with Gasteiger partial charge in [-0.3, -0.25) is 4.79 Å². The summed E-state index contributed by atoms with van der Waals surface area (Å²) in [7, 11) is 1.71. The first kappa shape index (κ1) is 16.2. The van der Waals surface area contributed by atoms with Gasteiger partial charge in [-0.25, -0.2) is 4.39 Å². The maximum absolute atomic E-state index is 13.9. The van der Waals surface area contributed by atoms with Crippen molar-refractivity contribution in [1.82, 2.24) is 10.2 Å². The van der Waals surface area contributed by atoms with Gasteiger partial charge in [-0.05, 0) is 37.9 Å². The van der Waals surface area contributed by atoms with Crippen molar-refractivity contribution in [2.45, 2.75) is 44.7 Å². The van der Waals surface area contributed by atoms with Crippen LogP contribution in [0.5, 0.6) is 0 Å². The highest BCUT2D eigenvalue weighted by molar-refractivity contribution is 6.31. The monoisotopic (exact) mass is 312 g/mol. The van der Waals surface area contributed by atoms with Crippen molar-refractivity contribution in [3.05, 3.63) is 34.6 Å². The van der Waals surface area contributed by atoms with Gasteiger partial charge in [-0.2, -0.15) is 0 Å². The van der Waals surface area contributed by atoms with E-state index in [0.717, 1.165) is 32.2 Å². The topological polar surface area (TPSA) is 32.3 Å². The van der Waals surface area contributed by atoms with Crippen molar-refractivity contribution in [3.8, 4) is 0 Å². The van der Waals surface area contributed by atoms with Crippen molar-refractivity contribution < 1.29 is 9.18 Å². The van der Waals surface area contributed by atoms with Crippen LogP contribution in [0.4, 0.5) is 4.39 Å². The van der Waals surface area contributed by atoms with Crippen LogP contribution in [0.1, 0.15) is 38.2 Å². The van der Waals surface area contributed by atoms with Gasteiger partial charge in [0.1, 0.15) is 5.82 Å². The molecule has 1 aliphatic heterocycles. The Morgan fingerprint density at radius 1 is 1.52 bits per heavy atom. The predicted octanol–water partition coefficient (Wildman–Crippen LogP) is 3.36. The summed E-state index contributed by atoms with van der Waals surface area (Å²) < 4.78 is 13.9. The molecular formula is C16H22ClFN2O. The minimum Gasteiger partial charge on any atom is -0.340 e. The largest absolute Gasteiger partial charge is 0.340 e. The number of nitrogens with one attached hydrogen (secondary N) is 1. The van der Waals surface area contributed by atoms with E-state index in [0.29, 0.717) is 10.6 Å². The molecule has 1 amide bonds. The fourth-order valence-electron chi connectivity index (χ4n) is 3.09. The number of carbonyl (C=O) groups is 1. The number of benzene rings is 1. The van der Waals surface area contributed by atoms with Crippen LogP contribution in [0.2, 0.25) is 5.02 Å². The second kappa shape index (κ2) is 6.75. The van der Waals surface area contributed by atoms with Gasteiger partial charge < -0.3 is 10.2 Å². The highest BCUT2D eigenvalue weighted by Crippen LogP contribution is 2.28. The van der Waals surface area contributed by atoms with Gasteiger partial charge in [0.2, 0.25) is 5.91 Å². The van der Waals surface area contributed by atoms with Crippen LogP contribution in [-0.4, -0.2) is 29.9 Å². The summed E-state index contributed by atoms with van der Waals surface area (Å²) >= 11 is 6.04. The number of nitrogens with zero attached hydrogens (tertiary/aromatic N) is 1. The molecule has 0 aliphatic carbocycles. The molecule has 2 rings (SSSR count). The van der Waals surface area contributed by atoms with E-state index >= 15 is 0 Å². The number of carbonyl (C=O) groups excluding carboxylic acids is 1. The summed E-state index contributed by atoms with van der Waals surface area (Å²) in [6.45, 7) is 3.13. The molecule has 0 radical (unpaired) electrons. The molecule has 1 atom stereocenters. The zero-order valence-corrected chi connectivity index (χ0v) is 13.3. The zero-order valence-electron chi connectivity index (χ0n) is 12.6. The number of rotatable bonds is 5. The molecule has 21 heavy (non-hydrogen) atoms. The summed E-state index contributed by atoms with van der Waals surface area (Å²) in [4.78, 5) is 14.4. The quantitative estimate of drug-likeness (QED) is 0.904. The van der Waals surface area contributed by atoms with E-state index in [4.69, 9.17) is 11.6 Å². The molecule has 0 aromatic heterocycles. The number of halogens is 2. The molecular weight excluding hydrogens is 291 g/mol. The molecule has 3 nitrogen and oxygen atoms in total. The Morgan fingerprint density at radius 3 is 2.86 bits per heavy atom. The fourth-order valence-corrected chi connectivity index (χ4v) is 3.32. The van der Waals surface area contributed by atoms with E-state index in [9.17, 15) is 9.18 Å². The molecule has 0 saturated carbocycles. The third-order valence-electron chi connectivity index (χ3n) is 4.13. The second-order valence-electron chi connectivity index (χ2n) is 5.72. The van der Waals surface area contributed by atoms with Crippen LogP contribution in [0.25, 0.3) is 0 Å². The van der Waals surface area contributed by atoms with Gasteiger partial charge in [-0.15, -0.1) is 0 Å². The minimum absolute atomic E-state index is 0.0289. The maximum atomic E-state index is 13.9. The highest BCUT2D eigenvalue weighted by atomic mass is 35.5. The molecule has 1 aliphatic rings. The van der Waals surface area contributed by atoms with Crippen molar-refractivity contribution >= 4 is 17.5 Å². The van der Waals surface area contributed by atoms with E-state index in [2.05, 4.69) is 12.2 Å². The number of hydrogen-bond donors (Lipinski definition) is 1. The molecule has 1 heterocycles. The highest BCUT2D eigenvalue weighted by Gasteiger charge is 2.41. The van der Waals surface area contributed by atoms with Gasteiger partial charge in [-0.1, -0.05) is 31.0 Å². The lowest BCUT2D eigenvalue weighted by atomic mass is 9.90. The minimum atomic E-state index is -0.485. The van der Waals surface area contributed by atoms with Crippen molar-refractivity contribution in [1.29, 1.82) is 0 Å². The van der Waals surface area contributed by atoms with Gasteiger partial charge >= 0.3 is 0 Å². The predicted molar refractivity (Wildman–Crippen MR) is 82.8 cm³/mol. The first-order valence-electron chi connectivity index (χ1n) is 7.43. The molecule has 1 aromatic rings. The standard InChI is InChI=1S/C16H22ClFN2O/c1-3-8-16(9-5-10-19-16)15(21)20(2)11-12-13(17)6-4-7-14(12)18/h4,6-7,19H,3,5,8-11H2,1-2H3. The fraction of sp³-hybridized carbons (Fsp3) is 0.562. The Morgan fingerprint density at radius 2 is 2.29 bits per heavy atom. The van der Waals surface area contributed by atoms with E-state index in [1.807, 2.05) is 0 Å². The average molecular weight is 313 g/mol. The second-order valence-corrected chi connectivity index (χ2v) is 6.13. The van der Waals surface area contributed by atoms with Crippen molar-refractivity contribution in [3.63, 3.8) is 0 Å². The molecule has 1 fully saturated rings. The number of likely N-dealkylation sites (N-methyl/N-ethyl adjacent to an activating group) is 1. The summed E-state index contributed by atoms with van der Waals surface area (Å²) in [5, 5.41) is 3.71. The number of amides is 1. The maximum Gasteiger partial charge on any atom is 0.242 e. The summed E-state index contributed by atoms with van der Waals surface area (Å²) in [5.74, 6) is -0.341. The van der Waals surface area contributed by atoms with Crippen LogP contribution in [-0.2, 0) is 11.3 Å². The first-order valence-corrected chi connectivity index (χ1v) is 7.81. The zero-order chi connectivity index (χ0) is 15.5. The molecule has 0 bridgehead atoms. The van der Waals surface area contributed by atoms with Crippen LogP contribution in [0.3, 0.4) is 0 Å². The SMILES string of the molecule is CCCC1(C(=O)N(C)Cc2c(F)cccc2Cl)CCCN1. The van der Waals surface area contributed by atoms with E-state index < -0.39 is 5.54 Å². The summed E-state index contributed by atoms with van der Waals surface area (Å²) in [6.07, 6.45) is 3.59. The van der Waals surface area contributed by atoms with Crippen LogP contribution in [0, 0.1) is 5.82 Å². The smallest absolute Gasteiger partial charge is 0.242 e. The Balaban J connectivity index is 2.15. The van der Waals surface area contributed by atoms with Crippen molar-refractivity contribution in [2.24, 2.45) is 0 Å². The molecule has 116 valence electrons. The Bertz CT molecular complexity index is 495. The van der Waals surface area contributed by atoms with Gasteiger partial charge in [0.05, 0.1) is 5.54 Å². The lowest BCUT2D eigenvalue weighted by Gasteiger charge is -2.32. The number of hydrogen-bond acceptors (Lipinski definition) is 2. The Kier molecular flexibility index (Phi) is 5.22. The van der Waals surface area contributed by atoms with Gasteiger partial charge in [0, 0.05) is 24.2 Å². The third kappa shape index (κ3) is 3.38. The van der Waals surface area contributed by atoms with Crippen LogP contribution >= 0.6 is 11.6 Å². The molecule has 1 unspecified atom stereocenters. The lowest BCUT2D eigenvalue weighted by molar-refractivity contribution is -0.137. The van der Waals surface area contributed by atoms with E-state index in [1.54, 1.807) is 24.1 Å². The first-order chi connectivity index (χ1) is 10.00. The van der Waals surface area contributed by atoms with Gasteiger partial charge in [0.15, 0.2) is 0 Å².